The van der Waals surface area contributed by atoms with Crippen LogP contribution in [0.4, 0.5) is 0 Å². The summed E-state index contributed by atoms with van der Waals surface area (Å²) in [4.78, 5) is 27.5. The number of hydrogen-bond acceptors (Lipinski definition) is 4. The Bertz CT molecular complexity index is 1040. The van der Waals surface area contributed by atoms with E-state index in [4.69, 9.17) is 4.42 Å². The van der Waals surface area contributed by atoms with Crippen LogP contribution in [0.5, 0.6) is 0 Å². The summed E-state index contributed by atoms with van der Waals surface area (Å²) in [6, 6.07) is 17.0. The molecule has 3 aromatic rings. The monoisotopic (exact) mass is 376 g/mol. The van der Waals surface area contributed by atoms with Gasteiger partial charge in [-0.1, -0.05) is 42.0 Å². The Kier molecular flexibility index (Phi) is 5.26. The van der Waals surface area contributed by atoms with Gasteiger partial charge < -0.3 is 9.73 Å². The molecule has 1 amide bonds. The highest BCUT2D eigenvalue weighted by molar-refractivity contribution is 5.93. The number of nitrogens with one attached hydrogen (secondary N) is 1. The number of carbonyl (C=O) groups excluding carboxylic acids is 1. The smallest absolute Gasteiger partial charge is 0.287 e. The van der Waals surface area contributed by atoms with Crippen molar-refractivity contribution >= 4 is 16.9 Å². The summed E-state index contributed by atoms with van der Waals surface area (Å²) >= 11 is 0. The lowest BCUT2D eigenvalue weighted by Crippen LogP contribution is -2.37. The van der Waals surface area contributed by atoms with Crippen LogP contribution < -0.4 is 10.7 Å². The zero-order valence-corrected chi connectivity index (χ0v) is 16.0. The maximum Gasteiger partial charge on any atom is 0.287 e. The molecule has 5 nitrogen and oxygen atoms in total. The molecular formula is C23H24N2O3. The molecule has 0 unspecified atom stereocenters. The summed E-state index contributed by atoms with van der Waals surface area (Å²) in [5.74, 6) is -0.311. The minimum absolute atomic E-state index is 0.0505. The van der Waals surface area contributed by atoms with Crippen molar-refractivity contribution < 1.29 is 9.21 Å². The van der Waals surface area contributed by atoms with Crippen LogP contribution in [0.3, 0.4) is 0 Å². The lowest BCUT2D eigenvalue weighted by Gasteiger charge is -2.28. The number of likely N-dealkylation sites (tertiary alicyclic amines) is 1. The van der Waals surface area contributed by atoms with E-state index in [0.717, 1.165) is 18.7 Å². The van der Waals surface area contributed by atoms with Gasteiger partial charge in [-0.3, -0.25) is 14.5 Å². The molecule has 0 radical (unpaired) electrons. The van der Waals surface area contributed by atoms with Crippen LogP contribution in [0.25, 0.3) is 11.0 Å². The minimum atomic E-state index is -0.361. The van der Waals surface area contributed by atoms with E-state index in [2.05, 4.69) is 22.3 Å². The summed E-state index contributed by atoms with van der Waals surface area (Å²) in [6.45, 7) is 4.44. The van der Waals surface area contributed by atoms with Crippen molar-refractivity contribution in [3.63, 3.8) is 0 Å². The first kappa shape index (κ1) is 18.4. The van der Waals surface area contributed by atoms with Gasteiger partial charge in [0.15, 0.2) is 11.2 Å². The first-order chi connectivity index (χ1) is 13.6. The van der Waals surface area contributed by atoms with E-state index in [1.54, 1.807) is 12.1 Å². The quantitative estimate of drug-likeness (QED) is 0.738. The van der Waals surface area contributed by atoms with E-state index >= 15 is 0 Å². The second-order valence-corrected chi connectivity index (χ2v) is 7.35. The average molecular weight is 376 g/mol. The number of rotatable bonds is 5. The highest BCUT2D eigenvalue weighted by Gasteiger charge is 2.24. The largest absolute Gasteiger partial charge is 0.451 e. The minimum Gasteiger partial charge on any atom is -0.451 e. The topological polar surface area (TPSA) is 62.6 Å². The summed E-state index contributed by atoms with van der Waals surface area (Å²) < 4.78 is 5.70. The molecule has 0 bridgehead atoms. The summed E-state index contributed by atoms with van der Waals surface area (Å²) in [5, 5.41) is 3.46. The first-order valence-corrected chi connectivity index (χ1v) is 9.73. The number of carbonyl (C=O) groups is 1. The van der Waals surface area contributed by atoms with Gasteiger partial charge >= 0.3 is 0 Å². The molecule has 1 fully saturated rings. The van der Waals surface area contributed by atoms with Gasteiger partial charge in [-0.2, -0.15) is 0 Å². The van der Waals surface area contributed by atoms with Crippen molar-refractivity contribution in [3.05, 3.63) is 81.7 Å². The number of aryl methyl sites for hydroxylation is 1. The molecule has 0 saturated carbocycles. The van der Waals surface area contributed by atoms with Crippen molar-refractivity contribution in [2.45, 2.75) is 25.8 Å². The molecule has 1 atom stereocenters. The second kappa shape index (κ2) is 7.98. The van der Waals surface area contributed by atoms with Gasteiger partial charge in [0.1, 0.15) is 5.58 Å². The molecule has 1 saturated heterocycles. The van der Waals surface area contributed by atoms with E-state index in [1.165, 1.54) is 24.5 Å². The molecular weight excluding hydrogens is 352 g/mol. The molecule has 0 aliphatic carbocycles. The van der Waals surface area contributed by atoms with Crippen LogP contribution in [0.2, 0.25) is 0 Å². The van der Waals surface area contributed by atoms with Crippen LogP contribution in [0.1, 0.15) is 40.6 Å². The van der Waals surface area contributed by atoms with Crippen LogP contribution in [-0.2, 0) is 0 Å². The van der Waals surface area contributed by atoms with Crippen molar-refractivity contribution in [2.75, 3.05) is 19.6 Å². The molecule has 28 heavy (non-hydrogen) atoms. The standard InChI is InChI=1S/C23H24N2O3/c1-16-9-10-21-18(13-16)20(26)14-22(28-21)23(27)24-15-19(25-11-5-6-12-25)17-7-3-2-4-8-17/h2-4,7-10,13-14,19H,5-6,11-12,15H2,1H3,(H,24,27)/t19-/m1/s1. The third-order valence-electron chi connectivity index (χ3n) is 5.33. The molecule has 1 aliphatic heterocycles. The lowest BCUT2D eigenvalue weighted by atomic mass is 10.1. The Morgan fingerprint density at radius 3 is 2.61 bits per heavy atom. The fourth-order valence-corrected chi connectivity index (χ4v) is 3.84. The van der Waals surface area contributed by atoms with Gasteiger partial charge in [0.25, 0.3) is 5.91 Å². The number of amides is 1. The van der Waals surface area contributed by atoms with Crippen molar-refractivity contribution in [1.29, 1.82) is 0 Å². The summed E-state index contributed by atoms with van der Waals surface area (Å²) in [5.41, 5.74) is 2.39. The van der Waals surface area contributed by atoms with Gasteiger partial charge in [-0.25, -0.2) is 0 Å². The molecule has 1 aromatic heterocycles. The molecule has 1 aliphatic rings. The molecule has 1 N–H and O–H groups in total. The van der Waals surface area contributed by atoms with Crippen LogP contribution in [-0.4, -0.2) is 30.4 Å². The summed E-state index contributed by atoms with van der Waals surface area (Å²) in [7, 11) is 0. The van der Waals surface area contributed by atoms with E-state index in [1.807, 2.05) is 31.2 Å². The van der Waals surface area contributed by atoms with E-state index in [0.29, 0.717) is 17.5 Å². The van der Waals surface area contributed by atoms with Crippen molar-refractivity contribution in [1.82, 2.24) is 10.2 Å². The third kappa shape index (κ3) is 3.85. The zero-order valence-electron chi connectivity index (χ0n) is 16.0. The second-order valence-electron chi connectivity index (χ2n) is 7.35. The SMILES string of the molecule is Cc1ccc2oc(C(=O)NC[C@H](c3ccccc3)N3CCCC3)cc(=O)c2c1. The van der Waals surface area contributed by atoms with Gasteiger partial charge in [0.2, 0.25) is 0 Å². The highest BCUT2D eigenvalue weighted by atomic mass is 16.3. The van der Waals surface area contributed by atoms with Crippen molar-refractivity contribution in [2.24, 2.45) is 0 Å². The Morgan fingerprint density at radius 1 is 1.11 bits per heavy atom. The Labute approximate surface area is 164 Å². The Balaban J connectivity index is 1.54. The zero-order chi connectivity index (χ0) is 19.5. The van der Waals surface area contributed by atoms with E-state index in [-0.39, 0.29) is 23.1 Å². The van der Waals surface area contributed by atoms with Crippen LogP contribution in [0, 0.1) is 6.92 Å². The fraction of sp³-hybridized carbons (Fsp3) is 0.304. The predicted octanol–water partition coefficient (Wildman–Crippen LogP) is 3.67. The molecule has 0 spiro atoms. The summed E-state index contributed by atoms with van der Waals surface area (Å²) in [6.07, 6.45) is 2.35. The van der Waals surface area contributed by atoms with Crippen LogP contribution >= 0.6 is 0 Å². The van der Waals surface area contributed by atoms with Gasteiger partial charge in [-0.15, -0.1) is 0 Å². The van der Waals surface area contributed by atoms with Crippen LogP contribution in [0.15, 0.2) is 63.8 Å². The van der Waals surface area contributed by atoms with E-state index < -0.39 is 0 Å². The number of hydrogen-bond donors (Lipinski definition) is 1. The Morgan fingerprint density at radius 2 is 1.86 bits per heavy atom. The number of nitrogens with zero attached hydrogens (tertiary/aromatic N) is 1. The molecule has 5 heteroatoms. The van der Waals surface area contributed by atoms with Gasteiger partial charge in [0.05, 0.1) is 11.4 Å². The van der Waals surface area contributed by atoms with E-state index in [9.17, 15) is 9.59 Å². The first-order valence-electron chi connectivity index (χ1n) is 9.73. The number of benzene rings is 2. The molecule has 2 aromatic carbocycles. The maximum absolute atomic E-state index is 12.7. The van der Waals surface area contributed by atoms with Gasteiger partial charge in [0, 0.05) is 12.6 Å². The third-order valence-corrected chi connectivity index (χ3v) is 5.33. The Hall–Kier alpha value is -2.92. The lowest BCUT2D eigenvalue weighted by molar-refractivity contribution is 0.0910. The molecule has 2 heterocycles. The normalized spacial score (nSPS) is 15.6. The average Bonchev–Trinajstić information content (AvgIpc) is 3.24. The highest BCUT2D eigenvalue weighted by Crippen LogP contribution is 2.24. The molecule has 144 valence electrons. The number of fused-ring (bicyclic) bond motifs is 1. The maximum atomic E-state index is 12.7. The van der Waals surface area contributed by atoms with Gasteiger partial charge in [-0.05, 0) is 50.6 Å². The predicted molar refractivity (Wildman–Crippen MR) is 110 cm³/mol. The van der Waals surface area contributed by atoms with Crippen molar-refractivity contribution in [3.8, 4) is 0 Å². The fourth-order valence-electron chi connectivity index (χ4n) is 3.84. The molecule has 4 rings (SSSR count).